The molecule has 0 fully saturated rings. The van der Waals surface area contributed by atoms with Gasteiger partial charge < -0.3 is 10.4 Å². The number of hydrogen-bond acceptors (Lipinski definition) is 2. The maximum absolute atomic E-state index is 11.9. The molecule has 0 aromatic heterocycles. The van der Waals surface area contributed by atoms with Gasteiger partial charge in [-0.25, -0.2) is 0 Å². The minimum atomic E-state index is -0.0581. The van der Waals surface area contributed by atoms with Crippen LogP contribution in [0.5, 0.6) is 5.75 Å². The summed E-state index contributed by atoms with van der Waals surface area (Å²) in [4.78, 5) is 11.9. The van der Waals surface area contributed by atoms with Crippen molar-refractivity contribution in [2.45, 2.75) is 6.42 Å². The average Bonchev–Trinajstić information content (AvgIpc) is 2.41. The second kappa shape index (κ2) is 6.56. The second-order valence-electron chi connectivity index (χ2n) is 4.18. The van der Waals surface area contributed by atoms with Crippen molar-refractivity contribution < 1.29 is 9.90 Å². The molecule has 19 heavy (non-hydrogen) atoms. The van der Waals surface area contributed by atoms with Crippen LogP contribution in [-0.2, 0) is 6.42 Å². The van der Waals surface area contributed by atoms with E-state index < -0.39 is 0 Å². The van der Waals surface area contributed by atoms with Gasteiger partial charge in [-0.2, -0.15) is 0 Å². The molecule has 0 atom stereocenters. The van der Waals surface area contributed by atoms with Crippen molar-refractivity contribution in [2.75, 3.05) is 6.54 Å². The van der Waals surface area contributed by atoms with Crippen molar-refractivity contribution in [3.63, 3.8) is 0 Å². The minimum absolute atomic E-state index is 0.0581. The lowest BCUT2D eigenvalue weighted by Crippen LogP contribution is -2.25. The molecule has 0 spiro atoms. The van der Waals surface area contributed by atoms with Gasteiger partial charge in [0.05, 0.1) is 0 Å². The fourth-order valence-electron chi connectivity index (χ4n) is 1.71. The van der Waals surface area contributed by atoms with Gasteiger partial charge in [-0.05, 0) is 64.9 Å². The van der Waals surface area contributed by atoms with E-state index >= 15 is 0 Å². The maximum atomic E-state index is 11.9. The Balaban J connectivity index is 1.86. The van der Waals surface area contributed by atoms with Gasteiger partial charge in [0, 0.05) is 15.7 Å². The zero-order valence-electron chi connectivity index (χ0n) is 10.3. The Labute approximate surface area is 125 Å². The number of phenolic OH excluding ortho intramolecular Hbond substituents is 1. The molecule has 1 amide bonds. The Morgan fingerprint density at radius 3 is 2.58 bits per heavy atom. The maximum Gasteiger partial charge on any atom is 0.251 e. The van der Waals surface area contributed by atoms with E-state index in [2.05, 4.69) is 27.9 Å². The summed E-state index contributed by atoms with van der Waals surface area (Å²) >= 11 is 2.19. The number of aromatic hydroxyl groups is 1. The van der Waals surface area contributed by atoms with Crippen LogP contribution in [0.3, 0.4) is 0 Å². The quantitative estimate of drug-likeness (QED) is 0.817. The highest BCUT2D eigenvalue weighted by Gasteiger charge is 2.04. The average molecular weight is 367 g/mol. The Kier molecular flexibility index (Phi) is 4.79. The molecule has 0 bridgehead atoms. The molecule has 2 aromatic rings. The number of nitrogens with one attached hydrogen (secondary N) is 1. The molecule has 2 rings (SSSR count). The molecule has 98 valence electrons. The molecule has 2 aromatic carbocycles. The molecule has 3 nitrogen and oxygen atoms in total. The lowest BCUT2D eigenvalue weighted by Gasteiger charge is -2.06. The third-order valence-corrected chi connectivity index (χ3v) is 3.39. The number of carbonyl (C=O) groups is 1. The van der Waals surface area contributed by atoms with Gasteiger partial charge >= 0.3 is 0 Å². The number of phenols is 1. The van der Waals surface area contributed by atoms with E-state index in [9.17, 15) is 9.90 Å². The van der Waals surface area contributed by atoms with Crippen molar-refractivity contribution in [3.8, 4) is 5.75 Å². The number of carbonyl (C=O) groups excluding carboxylic acids is 1. The predicted octanol–water partition coefficient (Wildman–Crippen LogP) is 2.97. The van der Waals surface area contributed by atoms with Crippen molar-refractivity contribution in [3.05, 3.63) is 63.2 Å². The summed E-state index contributed by atoms with van der Waals surface area (Å²) < 4.78 is 1.05. The van der Waals surface area contributed by atoms with Crippen LogP contribution in [0.2, 0.25) is 0 Å². The van der Waals surface area contributed by atoms with Crippen LogP contribution in [0.1, 0.15) is 15.9 Å². The van der Waals surface area contributed by atoms with E-state index in [1.165, 1.54) is 0 Å². The van der Waals surface area contributed by atoms with Crippen LogP contribution < -0.4 is 5.32 Å². The van der Waals surface area contributed by atoms with Gasteiger partial charge in [0.25, 0.3) is 5.91 Å². The molecule has 0 aliphatic heterocycles. The summed E-state index contributed by atoms with van der Waals surface area (Å²) in [7, 11) is 0. The van der Waals surface area contributed by atoms with Crippen molar-refractivity contribution in [1.82, 2.24) is 5.32 Å². The Hall–Kier alpha value is -1.56. The normalized spacial score (nSPS) is 10.2. The largest absolute Gasteiger partial charge is 0.508 e. The number of halogens is 1. The van der Waals surface area contributed by atoms with E-state index in [0.717, 1.165) is 15.6 Å². The van der Waals surface area contributed by atoms with Crippen LogP contribution in [0, 0.1) is 3.57 Å². The van der Waals surface area contributed by atoms with Gasteiger partial charge in [-0.1, -0.05) is 18.2 Å². The molecule has 2 N–H and O–H groups in total. The lowest BCUT2D eigenvalue weighted by molar-refractivity contribution is 0.0954. The summed E-state index contributed by atoms with van der Waals surface area (Å²) in [6, 6.07) is 14.5. The van der Waals surface area contributed by atoms with E-state index in [-0.39, 0.29) is 11.7 Å². The van der Waals surface area contributed by atoms with E-state index in [1.54, 1.807) is 18.2 Å². The molecule has 4 heteroatoms. The topological polar surface area (TPSA) is 49.3 Å². The van der Waals surface area contributed by atoms with Gasteiger partial charge in [0.1, 0.15) is 5.75 Å². The number of rotatable bonds is 4. The highest BCUT2D eigenvalue weighted by atomic mass is 127. The van der Waals surface area contributed by atoms with Crippen LogP contribution in [0.15, 0.2) is 48.5 Å². The second-order valence-corrected chi connectivity index (χ2v) is 5.43. The smallest absolute Gasteiger partial charge is 0.251 e. The summed E-state index contributed by atoms with van der Waals surface area (Å²) in [6.45, 7) is 0.578. The fraction of sp³-hybridized carbons (Fsp3) is 0.133. The van der Waals surface area contributed by atoms with Crippen LogP contribution in [0.25, 0.3) is 0 Å². The summed E-state index contributed by atoms with van der Waals surface area (Å²) in [5.74, 6) is 0.198. The first-order valence-corrected chi connectivity index (χ1v) is 7.05. The fourth-order valence-corrected chi connectivity index (χ4v) is 2.26. The SMILES string of the molecule is O=C(NCCc1ccc(O)cc1)c1cccc(I)c1. The van der Waals surface area contributed by atoms with Crippen molar-refractivity contribution in [2.24, 2.45) is 0 Å². The number of hydrogen-bond donors (Lipinski definition) is 2. The zero-order valence-corrected chi connectivity index (χ0v) is 12.4. The highest BCUT2D eigenvalue weighted by molar-refractivity contribution is 14.1. The summed E-state index contributed by atoms with van der Waals surface area (Å²) in [5.41, 5.74) is 1.76. The first kappa shape index (κ1) is 13.9. The van der Waals surface area contributed by atoms with E-state index in [1.807, 2.05) is 30.3 Å². The molecule has 0 radical (unpaired) electrons. The number of amides is 1. The van der Waals surface area contributed by atoms with Gasteiger partial charge in [0.15, 0.2) is 0 Å². The van der Waals surface area contributed by atoms with Crippen LogP contribution in [-0.4, -0.2) is 17.6 Å². The van der Waals surface area contributed by atoms with Gasteiger partial charge in [-0.3, -0.25) is 4.79 Å². The molecule has 0 aliphatic carbocycles. The van der Waals surface area contributed by atoms with Gasteiger partial charge in [-0.15, -0.1) is 0 Å². The third-order valence-electron chi connectivity index (χ3n) is 2.72. The zero-order chi connectivity index (χ0) is 13.7. The Morgan fingerprint density at radius 2 is 1.89 bits per heavy atom. The lowest BCUT2D eigenvalue weighted by atomic mass is 10.1. The van der Waals surface area contributed by atoms with Crippen LogP contribution >= 0.6 is 22.6 Å². The Morgan fingerprint density at radius 1 is 1.16 bits per heavy atom. The minimum Gasteiger partial charge on any atom is -0.508 e. The third kappa shape index (κ3) is 4.24. The monoisotopic (exact) mass is 367 g/mol. The van der Waals surface area contributed by atoms with E-state index in [4.69, 9.17) is 0 Å². The number of benzene rings is 2. The molecule has 0 unspecified atom stereocenters. The summed E-state index contributed by atoms with van der Waals surface area (Å²) in [5, 5.41) is 12.1. The predicted molar refractivity (Wildman–Crippen MR) is 83.3 cm³/mol. The Bertz CT molecular complexity index is 567. The molecule has 0 heterocycles. The standard InChI is InChI=1S/C15H14INO2/c16-13-3-1-2-12(10-13)15(19)17-9-8-11-4-6-14(18)7-5-11/h1-7,10,18H,8-9H2,(H,17,19). The van der Waals surface area contributed by atoms with Crippen molar-refractivity contribution >= 4 is 28.5 Å². The van der Waals surface area contributed by atoms with Gasteiger partial charge in [0.2, 0.25) is 0 Å². The molecular formula is C15H14INO2. The first-order chi connectivity index (χ1) is 9.15. The van der Waals surface area contributed by atoms with E-state index in [0.29, 0.717) is 12.1 Å². The summed E-state index contributed by atoms with van der Waals surface area (Å²) in [6.07, 6.45) is 0.746. The molecule has 0 saturated heterocycles. The molecule has 0 saturated carbocycles. The molecule has 0 aliphatic rings. The highest BCUT2D eigenvalue weighted by Crippen LogP contribution is 2.10. The van der Waals surface area contributed by atoms with Crippen molar-refractivity contribution in [1.29, 1.82) is 0 Å². The van der Waals surface area contributed by atoms with Crippen LogP contribution in [0.4, 0.5) is 0 Å². The molecular weight excluding hydrogens is 353 g/mol. The first-order valence-electron chi connectivity index (χ1n) is 5.97.